The van der Waals surface area contributed by atoms with Crippen LogP contribution in [0.3, 0.4) is 0 Å². The molecule has 0 saturated carbocycles. The summed E-state index contributed by atoms with van der Waals surface area (Å²) >= 11 is 0. The molecule has 0 fully saturated rings. The van der Waals surface area contributed by atoms with Gasteiger partial charge in [-0.2, -0.15) is 5.26 Å². The first kappa shape index (κ1) is 13.3. The quantitative estimate of drug-likeness (QED) is 0.839. The summed E-state index contributed by atoms with van der Waals surface area (Å²) in [5.41, 5.74) is 5.12. The van der Waals surface area contributed by atoms with Crippen LogP contribution in [0, 0.1) is 11.3 Å². The first-order valence-corrected chi connectivity index (χ1v) is 7.03. The van der Waals surface area contributed by atoms with Gasteiger partial charge in [0.1, 0.15) is 0 Å². The fourth-order valence-corrected chi connectivity index (χ4v) is 2.46. The van der Waals surface area contributed by atoms with Crippen LogP contribution in [0.2, 0.25) is 0 Å². The zero-order valence-corrected chi connectivity index (χ0v) is 11.7. The molecule has 1 aromatic carbocycles. The lowest BCUT2D eigenvalue weighted by Crippen LogP contribution is -2.11. The number of aromatic nitrogens is 1. The number of hydrogen-bond donors (Lipinski definition) is 0. The van der Waals surface area contributed by atoms with Gasteiger partial charge in [-0.1, -0.05) is 12.1 Å². The molecule has 102 valence electrons. The fraction of sp³-hybridized carbons (Fsp3) is 0.167. The number of aliphatic imine (C=N–C) groups is 1. The molecule has 1 aromatic heterocycles. The molecule has 1 aliphatic heterocycles. The van der Waals surface area contributed by atoms with Crippen molar-refractivity contribution in [3.8, 4) is 6.07 Å². The summed E-state index contributed by atoms with van der Waals surface area (Å²) in [6.07, 6.45) is 7.89. The maximum atomic E-state index is 8.85. The van der Waals surface area contributed by atoms with Crippen molar-refractivity contribution in [3.63, 3.8) is 0 Å². The standard InChI is InChI=1S/C18H15N3/c19-12-15-7-5-14(6-8-15)11-16-3-2-10-21-18(16)17-4-1-9-20-13-17/h1,4-9,11,13H,2-3,10H2/b16-11+. The first-order valence-electron chi connectivity index (χ1n) is 7.03. The Labute approximate surface area is 124 Å². The Kier molecular flexibility index (Phi) is 3.88. The Morgan fingerprint density at radius 2 is 2.00 bits per heavy atom. The van der Waals surface area contributed by atoms with E-state index in [9.17, 15) is 0 Å². The number of pyridine rings is 1. The van der Waals surface area contributed by atoms with Gasteiger partial charge < -0.3 is 0 Å². The summed E-state index contributed by atoms with van der Waals surface area (Å²) in [6.45, 7) is 0.870. The normalized spacial score (nSPS) is 16.3. The first-order chi connectivity index (χ1) is 10.4. The lowest BCUT2D eigenvalue weighted by Gasteiger charge is -2.16. The van der Waals surface area contributed by atoms with Gasteiger partial charge in [-0.3, -0.25) is 9.98 Å². The van der Waals surface area contributed by atoms with E-state index in [4.69, 9.17) is 5.26 Å². The van der Waals surface area contributed by atoms with Gasteiger partial charge in [0.2, 0.25) is 0 Å². The Bertz CT molecular complexity index is 719. The van der Waals surface area contributed by atoms with Gasteiger partial charge in [0.05, 0.1) is 17.3 Å². The predicted molar refractivity (Wildman–Crippen MR) is 84.0 cm³/mol. The summed E-state index contributed by atoms with van der Waals surface area (Å²) in [5, 5.41) is 8.85. The van der Waals surface area contributed by atoms with E-state index in [-0.39, 0.29) is 0 Å². The molecule has 3 rings (SSSR count). The van der Waals surface area contributed by atoms with E-state index in [2.05, 4.69) is 22.1 Å². The van der Waals surface area contributed by atoms with Crippen LogP contribution < -0.4 is 0 Å². The number of hydrogen-bond acceptors (Lipinski definition) is 3. The van der Waals surface area contributed by atoms with Crippen LogP contribution in [-0.2, 0) is 0 Å². The molecule has 0 N–H and O–H groups in total. The maximum Gasteiger partial charge on any atom is 0.0991 e. The van der Waals surface area contributed by atoms with Crippen molar-refractivity contribution in [2.24, 2.45) is 4.99 Å². The molecule has 3 heteroatoms. The predicted octanol–water partition coefficient (Wildman–Crippen LogP) is 3.62. The molecular weight excluding hydrogens is 258 g/mol. The van der Waals surface area contributed by atoms with Crippen molar-refractivity contribution in [2.45, 2.75) is 12.8 Å². The molecule has 2 heterocycles. The summed E-state index contributed by atoms with van der Waals surface area (Å²) in [4.78, 5) is 8.85. The maximum absolute atomic E-state index is 8.85. The summed E-state index contributed by atoms with van der Waals surface area (Å²) in [5.74, 6) is 0. The molecule has 0 spiro atoms. The molecule has 0 radical (unpaired) electrons. The van der Waals surface area contributed by atoms with Crippen LogP contribution in [-0.4, -0.2) is 17.2 Å². The molecule has 0 amide bonds. The smallest absolute Gasteiger partial charge is 0.0991 e. The number of allylic oxidation sites excluding steroid dienone is 1. The van der Waals surface area contributed by atoms with Gasteiger partial charge in [-0.05, 0) is 54.3 Å². The summed E-state index contributed by atoms with van der Waals surface area (Å²) < 4.78 is 0. The number of rotatable bonds is 2. The Morgan fingerprint density at radius 3 is 2.71 bits per heavy atom. The van der Waals surface area contributed by atoms with E-state index >= 15 is 0 Å². The van der Waals surface area contributed by atoms with Gasteiger partial charge in [0.25, 0.3) is 0 Å². The van der Waals surface area contributed by atoms with Crippen LogP contribution in [0.4, 0.5) is 0 Å². The van der Waals surface area contributed by atoms with E-state index in [0.717, 1.165) is 36.2 Å². The SMILES string of the molecule is N#Cc1ccc(/C=C2\CCCN=C2c2cccnc2)cc1. The van der Waals surface area contributed by atoms with Crippen molar-refractivity contribution >= 4 is 11.8 Å². The average molecular weight is 273 g/mol. The summed E-state index contributed by atoms with van der Waals surface area (Å²) in [6, 6.07) is 13.8. The van der Waals surface area contributed by atoms with Gasteiger partial charge >= 0.3 is 0 Å². The second-order valence-corrected chi connectivity index (χ2v) is 4.98. The zero-order chi connectivity index (χ0) is 14.5. The van der Waals surface area contributed by atoms with Crippen molar-refractivity contribution in [1.82, 2.24) is 4.98 Å². The van der Waals surface area contributed by atoms with Crippen molar-refractivity contribution < 1.29 is 0 Å². The fourth-order valence-electron chi connectivity index (χ4n) is 2.46. The van der Waals surface area contributed by atoms with E-state index < -0.39 is 0 Å². The molecule has 3 nitrogen and oxygen atoms in total. The second kappa shape index (κ2) is 6.15. The highest BCUT2D eigenvalue weighted by molar-refractivity contribution is 6.15. The van der Waals surface area contributed by atoms with Crippen molar-refractivity contribution in [2.75, 3.05) is 6.54 Å². The minimum atomic E-state index is 0.682. The van der Waals surface area contributed by atoms with Gasteiger partial charge in [0, 0.05) is 24.5 Å². The Morgan fingerprint density at radius 1 is 1.14 bits per heavy atom. The minimum absolute atomic E-state index is 0.682. The topological polar surface area (TPSA) is 49.0 Å². The molecule has 0 bridgehead atoms. The molecular formula is C18H15N3. The largest absolute Gasteiger partial charge is 0.284 e. The van der Waals surface area contributed by atoms with E-state index in [1.165, 1.54) is 5.57 Å². The van der Waals surface area contributed by atoms with Crippen LogP contribution >= 0.6 is 0 Å². The number of nitriles is 1. The number of benzene rings is 1. The molecule has 1 aliphatic rings. The molecule has 21 heavy (non-hydrogen) atoms. The highest BCUT2D eigenvalue weighted by Gasteiger charge is 2.14. The number of nitrogens with zero attached hydrogens (tertiary/aromatic N) is 3. The van der Waals surface area contributed by atoms with E-state index in [1.807, 2.05) is 42.6 Å². The van der Waals surface area contributed by atoms with Gasteiger partial charge in [0.15, 0.2) is 0 Å². The van der Waals surface area contributed by atoms with Crippen molar-refractivity contribution in [3.05, 3.63) is 71.1 Å². The van der Waals surface area contributed by atoms with E-state index in [0.29, 0.717) is 5.56 Å². The average Bonchev–Trinajstić information content (AvgIpc) is 2.57. The minimum Gasteiger partial charge on any atom is -0.284 e. The lowest BCUT2D eigenvalue weighted by molar-refractivity contribution is 0.818. The highest BCUT2D eigenvalue weighted by atomic mass is 14.8. The zero-order valence-electron chi connectivity index (χ0n) is 11.7. The van der Waals surface area contributed by atoms with E-state index in [1.54, 1.807) is 6.20 Å². The van der Waals surface area contributed by atoms with Crippen LogP contribution in [0.15, 0.2) is 59.4 Å². The second-order valence-electron chi connectivity index (χ2n) is 4.98. The molecule has 0 atom stereocenters. The Hall–Kier alpha value is -2.73. The highest BCUT2D eigenvalue weighted by Crippen LogP contribution is 2.22. The van der Waals surface area contributed by atoms with Crippen LogP contribution in [0.5, 0.6) is 0 Å². The Balaban J connectivity index is 1.95. The van der Waals surface area contributed by atoms with Gasteiger partial charge in [-0.25, -0.2) is 0 Å². The van der Waals surface area contributed by atoms with Crippen molar-refractivity contribution in [1.29, 1.82) is 5.26 Å². The van der Waals surface area contributed by atoms with Crippen LogP contribution in [0.1, 0.15) is 29.5 Å². The summed E-state index contributed by atoms with van der Waals surface area (Å²) in [7, 11) is 0. The van der Waals surface area contributed by atoms with Crippen LogP contribution in [0.25, 0.3) is 6.08 Å². The lowest BCUT2D eigenvalue weighted by atomic mass is 9.95. The van der Waals surface area contributed by atoms with Gasteiger partial charge in [-0.15, -0.1) is 0 Å². The molecule has 0 saturated heterocycles. The molecule has 0 unspecified atom stereocenters. The molecule has 0 aliphatic carbocycles. The third kappa shape index (κ3) is 3.06. The molecule has 2 aromatic rings. The third-order valence-corrected chi connectivity index (χ3v) is 3.49. The third-order valence-electron chi connectivity index (χ3n) is 3.49. The monoisotopic (exact) mass is 273 g/mol.